The van der Waals surface area contributed by atoms with Gasteiger partial charge < -0.3 is 9.80 Å². The second-order valence-electron chi connectivity index (χ2n) is 6.29. The second kappa shape index (κ2) is 9.10. The summed E-state index contributed by atoms with van der Waals surface area (Å²) in [4.78, 5) is 17.3. The third-order valence-corrected chi connectivity index (χ3v) is 5.15. The van der Waals surface area contributed by atoms with Gasteiger partial charge in [0.1, 0.15) is 12.1 Å². The van der Waals surface area contributed by atoms with E-state index in [0.717, 1.165) is 40.8 Å². The third-order valence-electron chi connectivity index (χ3n) is 4.66. The average Bonchev–Trinajstić information content (AvgIpc) is 3.08. The first-order chi connectivity index (χ1) is 13.1. The van der Waals surface area contributed by atoms with E-state index < -0.39 is 0 Å². The zero-order valence-corrected chi connectivity index (χ0v) is 17.3. The molecular formula is C20H24BrN5O. The van der Waals surface area contributed by atoms with E-state index in [9.17, 15) is 4.79 Å². The maximum atomic E-state index is 13.2. The third kappa shape index (κ3) is 4.73. The molecule has 0 N–H and O–H groups in total. The predicted octanol–water partition coefficient (Wildman–Crippen LogP) is 3.57. The molecule has 1 amide bonds. The number of hydrogen-bond donors (Lipinski definition) is 0. The summed E-state index contributed by atoms with van der Waals surface area (Å²) in [5.74, 6) is -0.00379. The monoisotopic (exact) mass is 429 g/mol. The van der Waals surface area contributed by atoms with Crippen LogP contribution in [0.4, 0.5) is 5.69 Å². The summed E-state index contributed by atoms with van der Waals surface area (Å²) < 4.78 is 2.62. The van der Waals surface area contributed by atoms with Crippen LogP contribution >= 0.6 is 15.9 Å². The van der Waals surface area contributed by atoms with Crippen molar-refractivity contribution in [2.24, 2.45) is 0 Å². The number of rotatable bonds is 8. The first kappa shape index (κ1) is 19.5. The smallest absolute Gasteiger partial charge is 0.248 e. The molecule has 0 aliphatic rings. The van der Waals surface area contributed by atoms with Gasteiger partial charge in [0.15, 0.2) is 0 Å². The van der Waals surface area contributed by atoms with Crippen molar-refractivity contribution in [1.82, 2.24) is 19.9 Å². The highest BCUT2D eigenvalue weighted by atomic mass is 79.9. The summed E-state index contributed by atoms with van der Waals surface area (Å²) in [5, 5.41) is 8.30. The molecule has 3 rings (SSSR count). The molecule has 6 nitrogen and oxygen atoms in total. The maximum Gasteiger partial charge on any atom is 0.248 e. The van der Waals surface area contributed by atoms with Crippen LogP contribution in [-0.4, -0.2) is 52.0 Å². The van der Waals surface area contributed by atoms with Crippen molar-refractivity contribution >= 4 is 38.6 Å². The van der Waals surface area contributed by atoms with Crippen molar-refractivity contribution < 1.29 is 4.79 Å². The van der Waals surface area contributed by atoms with Crippen LogP contribution in [0.25, 0.3) is 11.0 Å². The van der Waals surface area contributed by atoms with E-state index >= 15 is 0 Å². The van der Waals surface area contributed by atoms with Crippen LogP contribution < -0.4 is 4.90 Å². The van der Waals surface area contributed by atoms with Crippen LogP contribution in [0.5, 0.6) is 0 Å². The molecule has 0 saturated heterocycles. The Morgan fingerprint density at radius 2 is 1.85 bits per heavy atom. The standard InChI is InChI=1S/C20H24BrN5O/c1-3-24(4-2)12-13-25(17-9-7-8-16(21)14-17)20(27)15-26-19-11-6-5-10-18(19)22-23-26/h5-11,14H,3-4,12-13,15H2,1-2H3. The molecule has 0 unspecified atom stereocenters. The number of amides is 1. The van der Waals surface area contributed by atoms with Crippen LogP contribution in [0.3, 0.4) is 0 Å². The van der Waals surface area contributed by atoms with Gasteiger partial charge >= 0.3 is 0 Å². The number of carbonyl (C=O) groups excluding carboxylic acids is 1. The molecule has 0 fully saturated rings. The molecule has 0 aliphatic carbocycles. The normalized spacial score (nSPS) is 11.3. The van der Waals surface area contributed by atoms with E-state index in [1.165, 1.54) is 0 Å². The van der Waals surface area contributed by atoms with Gasteiger partial charge in [-0.15, -0.1) is 5.10 Å². The van der Waals surface area contributed by atoms with Crippen molar-refractivity contribution in [1.29, 1.82) is 0 Å². The van der Waals surface area contributed by atoms with Crippen LogP contribution in [0.1, 0.15) is 13.8 Å². The van der Waals surface area contributed by atoms with Gasteiger partial charge in [0.25, 0.3) is 0 Å². The Morgan fingerprint density at radius 1 is 1.07 bits per heavy atom. The van der Waals surface area contributed by atoms with E-state index in [1.807, 2.05) is 53.4 Å². The molecule has 1 aromatic heterocycles. The number of anilines is 1. The fourth-order valence-corrected chi connectivity index (χ4v) is 3.46. The molecule has 2 aromatic carbocycles. The van der Waals surface area contributed by atoms with Gasteiger partial charge in [-0.2, -0.15) is 0 Å². The Kier molecular flexibility index (Phi) is 6.58. The number of likely N-dealkylation sites (N-methyl/N-ethyl adjacent to an activating group) is 1. The summed E-state index contributed by atoms with van der Waals surface area (Å²) >= 11 is 3.50. The van der Waals surface area contributed by atoms with Gasteiger partial charge in [-0.25, -0.2) is 4.68 Å². The number of hydrogen-bond acceptors (Lipinski definition) is 4. The lowest BCUT2D eigenvalue weighted by atomic mass is 10.2. The van der Waals surface area contributed by atoms with Crippen molar-refractivity contribution in [3.05, 3.63) is 53.0 Å². The number of carbonyl (C=O) groups is 1. The van der Waals surface area contributed by atoms with Crippen LogP contribution in [0.2, 0.25) is 0 Å². The Bertz CT molecular complexity index is 906. The van der Waals surface area contributed by atoms with Crippen LogP contribution in [0.15, 0.2) is 53.0 Å². The minimum absolute atomic E-state index is 0.00379. The first-order valence-electron chi connectivity index (χ1n) is 9.19. The quantitative estimate of drug-likeness (QED) is 0.549. The SMILES string of the molecule is CCN(CC)CCN(C(=O)Cn1nnc2ccccc21)c1cccc(Br)c1. The number of benzene rings is 2. The molecule has 1 heterocycles. The van der Waals surface area contributed by atoms with E-state index in [0.29, 0.717) is 6.54 Å². The number of nitrogens with zero attached hydrogens (tertiary/aromatic N) is 5. The Balaban J connectivity index is 1.83. The average molecular weight is 430 g/mol. The highest BCUT2D eigenvalue weighted by molar-refractivity contribution is 9.10. The van der Waals surface area contributed by atoms with Gasteiger partial charge in [0.05, 0.1) is 5.52 Å². The minimum Gasteiger partial charge on any atom is -0.309 e. The van der Waals surface area contributed by atoms with Gasteiger partial charge in [0, 0.05) is 23.2 Å². The first-order valence-corrected chi connectivity index (χ1v) is 9.98. The van der Waals surface area contributed by atoms with Crippen molar-refractivity contribution in [2.45, 2.75) is 20.4 Å². The van der Waals surface area contributed by atoms with Crippen LogP contribution in [0, 0.1) is 0 Å². The fraction of sp³-hybridized carbons (Fsp3) is 0.350. The van der Waals surface area contributed by atoms with Crippen molar-refractivity contribution in [3.63, 3.8) is 0 Å². The Labute approximate surface area is 167 Å². The zero-order valence-electron chi connectivity index (χ0n) is 15.7. The Morgan fingerprint density at radius 3 is 2.59 bits per heavy atom. The van der Waals surface area contributed by atoms with Crippen molar-refractivity contribution in [3.8, 4) is 0 Å². The molecule has 0 aliphatic heterocycles. The Hall–Kier alpha value is -2.25. The van der Waals surface area contributed by atoms with Crippen molar-refractivity contribution in [2.75, 3.05) is 31.1 Å². The van der Waals surface area contributed by atoms with Gasteiger partial charge in [-0.05, 0) is 43.4 Å². The summed E-state index contributed by atoms with van der Waals surface area (Å²) in [7, 11) is 0. The van der Waals surface area contributed by atoms with Crippen LogP contribution in [-0.2, 0) is 11.3 Å². The zero-order chi connectivity index (χ0) is 19.2. The predicted molar refractivity (Wildman–Crippen MR) is 112 cm³/mol. The second-order valence-corrected chi connectivity index (χ2v) is 7.20. The van der Waals surface area contributed by atoms with E-state index in [4.69, 9.17) is 0 Å². The van der Waals surface area contributed by atoms with E-state index in [2.05, 4.69) is 45.0 Å². The summed E-state index contributed by atoms with van der Waals surface area (Å²) in [6.07, 6.45) is 0. The molecule has 0 radical (unpaired) electrons. The molecule has 27 heavy (non-hydrogen) atoms. The van der Waals surface area contributed by atoms with Gasteiger partial charge in [-0.3, -0.25) is 4.79 Å². The molecule has 3 aromatic rings. The molecule has 0 saturated carbocycles. The van der Waals surface area contributed by atoms with Gasteiger partial charge in [0.2, 0.25) is 5.91 Å². The topological polar surface area (TPSA) is 54.3 Å². The van der Waals surface area contributed by atoms with E-state index in [1.54, 1.807) is 4.68 Å². The lowest BCUT2D eigenvalue weighted by Gasteiger charge is -2.27. The highest BCUT2D eigenvalue weighted by Crippen LogP contribution is 2.21. The summed E-state index contributed by atoms with van der Waals surface area (Å²) in [6.45, 7) is 7.81. The van der Waals surface area contributed by atoms with E-state index in [-0.39, 0.29) is 12.5 Å². The molecule has 142 valence electrons. The lowest BCUT2D eigenvalue weighted by molar-refractivity contribution is -0.119. The minimum atomic E-state index is -0.00379. The molecule has 0 bridgehead atoms. The number of fused-ring (bicyclic) bond motifs is 1. The lowest BCUT2D eigenvalue weighted by Crippen LogP contribution is -2.40. The van der Waals surface area contributed by atoms with Gasteiger partial charge in [-0.1, -0.05) is 53.2 Å². The summed E-state index contributed by atoms with van der Waals surface area (Å²) in [5.41, 5.74) is 2.54. The molecular weight excluding hydrogens is 406 g/mol. The maximum absolute atomic E-state index is 13.2. The number of halogens is 1. The highest BCUT2D eigenvalue weighted by Gasteiger charge is 2.19. The molecule has 7 heteroatoms. The largest absolute Gasteiger partial charge is 0.309 e. The number of aromatic nitrogens is 3. The number of para-hydroxylation sites is 1. The molecule has 0 spiro atoms. The summed E-state index contributed by atoms with van der Waals surface area (Å²) in [6, 6.07) is 15.5. The molecule has 0 atom stereocenters. The fourth-order valence-electron chi connectivity index (χ4n) is 3.07.